The summed E-state index contributed by atoms with van der Waals surface area (Å²) in [6, 6.07) is 14.7. The largest absolute Gasteiger partial charge is 0.760 e. The van der Waals surface area contributed by atoms with Crippen LogP contribution in [0.1, 0.15) is 35.6 Å². The zero-order valence-electron chi connectivity index (χ0n) is 16.4. The molecule has 9 heteroatoms. The summed E-state index contributed by atoms with van der Waals surface area (Å²) in [6.45, 7) is 2.56. The molecule has 1 unspecified atom stereocenters. The smallest absolute Gasteiger partial charge is 0.126 e. The lowest BCUT2D eigenvalue weighted by molar-refractivity contribution is 0.201. The summed E-state index contributed by atoms with van der Waals surface area (Å²) >= 11 is -2.33. The van der Waals surface area contributed by atoms with Gasteiger partial charge in [0.25, 0.3) is 0 Å². The number of halogens is 1. The Labute approximate surface area is 177 Å². The van der Waals surface area contributed by atoms with Crippen molar-refractivity contribution in [2.75, 3.05) is 13.1 Å². The van der Waals surface area contributed by atoms with Gasteiger partial charge in [-0.25, -0.2) is 13.8 Å². The van der Waals surface area contributed by atoms with E-state index in [0.717, 1.165) is 42.9 Å². The quantitative estimate of drug-likeness (QED) is 0.585. The van der Waals surface area contributed by atoms with Gasteiger partial charge in [0.15, 0.2) is 0 Å². The Morgan fingerprint density at radius 3 is 2.67 bits per heavy atom. The first-order valence-electron chi connectivity index (χ1n) is 9.88. The molecule has 2 heterocycles. The molecule has 1 aromatic heterocycles. The normalized spacial score (nSPS) is 16.6. The Hall–Kier alpha value is -2.46. The number of benzene rings is 2. The lowest BCUT2D eigenvalue weighted by Crippen LogP contribution is -2.32. The van der Waals surface area contributed by atoms with Gasteiger partial charge in [-0.3, -0.25) is 9.11 Å². The van der Waals surface area contributed by atoms with Gasteiger partial charge >= 0.3 is 0 Å². The second-order valence-electron chi connectivity index (χ2n) is 7.45. The second-order valence-corrected chi connectivity index (χ2v) is 8.21. The molecule has 0 spiro atoms. The lowest BCUT2D eigenvalue weighted by Gasteiger charge is -2.32. The van der Waals surface area contributed by atoms with Crippen molar-refractivity contribution in [2.24, 2.45) is 0 Å². The highest BCUT2D eigenvalue weighted by molar-refractivity contribution is 7.77. The van der Waals surface area contributed by atoms with Crippen LogP contribution in [0, 0.1) is 5.82 Å². The molecule has 7 nitrogen and oxygen atoms in total. The van der Waals surface area contributed by atoms with Crippen molar-refractivity contribution in [2.45, 2.75) is 31.8 Å². The van der Waals surface area contributed by atoms with Gasteiger partial charge in [-0.2, -0.15) is 0 Å². The molecule has 158 valence electrons. The molecule has 1 N–H and O–H groups in total. The summed E-state index contributed by atoms with van der Waals surface area (Å²) in [6.07, 6.45) is 3.62. The van der Waals surface area contributed by atoms with Crippen LogP contribution in [0.15, 0.2) is 54.7 Å². The number of piperidine rings is 1. The van der Waals surface area contributed by atoms with Crippen LogP contribution in [0.4, 0.5) is 4.39 Å². The molecule has 0 amide bonds. The zero-order chi connectivity index (χ0) is 20.9. The van der Waals surface area contributed by atoms with Gasteiger partial charge in [-0.1, -0.05) is 35.5 Å². The van der Waals surface area contributed by atoms with Gasteiger partial charge < -0.3 is 4.55 Å². The summed E-state index contributed by atoms with van der Waals surface area (Å²) in [4.78, 5) is 2.31. The highest BCUT2D eigenvalue weighted by atomic mass is 32.2. The van der Waals surface area contributed by atoms with Crippen LogP contribution in [-0.2, 0) is 24.4 Å². The van der Waals surface area contributed by atoms with Crippen LogP contribution in [-0.4, -0.2) is 41.7 Å². The maximum Gasteiger partial charge on any atom is 0.126 e. The second kappa shape index (κ2) is 9.57. The summed E-state index contributed by atoms with van der Waals surface area (Å²) in [5.41, 5.74) is 3.30. The van der Waals surface area contributed by atoms with Gasteiger partial charge in [-0.15, -0.1) is 5.10 Å². The van der Waals surface area contributed by atoms with Crippen LogP contribution in [0.5, 0.6) is 0 Å². The van der Waals surface area contributed by atoms with E-state index >= 15 is 0 Å². The summed E-state index contributed by atoms with van der Waals surface area (Å²) < 4.78 is 39.9. The maximum absolute atomic E-state index is 14.4. The third kappa shape index (κ3) is 5.17. The van der Waals surface area contributed by atoms with Crippen molar-refractivity contribution in [1.29, 1.82) is 0 Å². The predicted octanol–water partition coefficient (Wildman–Crippen LogP) is 2.67. The Bertz CT molecular complexity index is 1010. The fourth-order valence-electron chi connectivity index (χ4n) is 3.87. The summed E-state index contributed by atoms with van der Waals surface area (Å²) in [5.74, 6) is -0.106. The van der Waals surface area contributed by atoms with Gasteiger partial charge in [-0.05, 0) is 61.2 Å². The van der Waals surface area contributed by atoms with Crippen LogP contribution < -0.4 is 4.72 Å². The molecule has 1 aliphatic rings. The number of para-hydroxylation sites is 1. The SMILES string of the molecule is O=S([O-])NCc1ccc(F)c(C2CCN(Cc3cn(-c4ccccc4)nn3)CC2)c1. The number of hydrogen-bond acceptors (Lipinski definition) is 5. The topological polar surface area (TPSA) is 86.1 Å². The molecule has 1 fully saturated rings. The molecule has 4 rings (SSSR count). The van der Waals surface area contributed by atoms with E-state index in [0.29, 0.717) is 12.1 Å². The minimum atomic E-state index is -2.33. The highest BCUT2D eigenvalue weighted by Gasteiger charge is 2.23. The number of nitrogens with one attached hydrogen (secondary N) is 1. The minimum Gasteiger partial charge on any atom is -0.760 e. The first-order valence-corrected chi connectivity index (χ1v) is 11.0. The molecule has 0 saturated carbocycles. The van der Waals surface area contributed by atoms with E-state index in [-0.39, 0.29) is 18.3 Å². The molecule has 1 atom stereocenters. The van der Waals surface area contributed by atoms with Gasteiger partial charge in [0.05, 0.1) is 17.6 Å². The Morgan fingerprint density at radius 2 is 1.93 bits per heavy atom. The van der Waals surface area contributed by atoms with Crippen molar-refractivity contribution in [3.63, 3.8) is 0 Å². The summed E-state index contributed by atoms with van der Waals surface area (Å²) in [5, 5.41) is 8.48. The predicted molar refractivity (Wildman–Crippen MR) is 111 cm³/mol. The lowest BCUT2D eigenvalue weighted by atomic mass is 9.88. The fourth-order valence-corrected chi connectivity index (χ4v) is 4.15. The molecule has 0 bridgehead atoms. The van der Waals surface area contributed by atoms with Crippen LogP contribution in [0.2, 0.25) is 0 Å². The Kier molecular flexibility index (Phi) is 6.63. The first kappa shape index (κ1) is 20.8. The Balaban J connectivity index is 1.35. The van der Waals surface area contributed by atoms with Gasteiger partial charge in [0.2, 0.25) is 0 Å². The Morgan fingerprint density at radius 1 is 1.17 bits per heavy atom. The van der Waals surface area contributed by atoms with Crippen molar-refractivity contribution in [3.05, 3.63) is 77.4 Å². The van der Waals surface area contributed by atoms with E-state index in [1.54, 1.807) is 16.8 Å². The van der Waals surface area contributed by atoms with E-state index in [9.17, 15) is 13.2 Å². The molecule has 0 radical (unpaired) electrons. The average Bonchev–Trinajstić information content (AvgIpc) is 3.23. The number of hydrogen-bond donors (Lipinski definition) is 1. The maximum atomic E-state index is 14.4. The van der Waals surface area contributed by atoms with Crippen LogP contribution in [0.3, 0.4) is 0 Å². The van der Waals surface area contributed by atoms with E-state index in [1.165, 1.54) is 6.07 Å². The molecular weight excluding hydrogens is 405 g/mol. The molecule has 30 heavy (non-hydrogen) atoms. The minimum absolute atomic E-state index is 0.124. The molecule has 0 aliphatic carbocycles. The number of rotatable bonds is 7. The average molecular weight is 429 g/mol. The van der Waals surface area contributed by atoms with E-state index < -0.39 is 11.3 Å². The number of aromatic nitrogens is 3. The van der Waals surface area contributed by atoms with Crippen LogP contribution >= 0.6 is 0 Å². The number of nitrogens with zero attached hydrogens (tertiary/aromatic N) is 4. The van der Waals surface area contributed by atoms with Crippen molar-refractivity contribution < 1.29 is 13.2 Å². The zero-order valence-corrected chi connectivity index (χ0v) is 17.2. The van der Waals surface area contributed by atoms with E-state index in [4.69, 9.17) is 0 Å². The standard InChI is InChI=1S/C21H24FN5O2S/c22-21-7-6-16(13-23-30(28)29)12-20(21)17-8-10-26(11-9-17)14-18-15-27(25-24-18)19-4-2-1-3-5-19/h1-7,12,15,17,23H,8-11,13-14H2,(H,28,29)/p-1. The van der Waals surface area contributed by atoms with Crippen molar-refractivity contribution in [3.8, 4) is 5.69 Å². The van der Waals surface area contributed by atoms with Crippen molar-refractivity contribution >= 4 is 11.3 Å². The molecule has 1 aliphatic heterocycles. The first-order chi connectivity index (χ1) is 14.6. The third-order valence-corrected chi connectivity index (χ3v) is 5.81. The van der Waals surface area contributed by atoms with Crippen LogP contribution in [0.25, 0.3) is 5.69 Å². The monoisotopic (exact) mass is 428 g/mol. The molecular formula is C21H23FN5O2S-. The van der Waals surface area contributed by atoms with Crippen molar-refractivity contribution in [1.82, 2.24) is 24.6 Å². The van der Waals surface area contributed by atoms with Gasteiger partial charge in [0, 0.05) is 24.4 Å². The summed E-state index contributed by atoms with van der Waals surface area (Å²) in [7, 11) is 0. The molecule has 3 aromatic rings. The molecule has 2 aromatic carbocycles. The number of likely N-dealkylation sites (tertiary alicyclic amines) is 1. The highest BCUT2D eigenvalue weighted by Crippen LogP contribution is 2.31. The third-order valence-electron chi connectivity index (χ3n) is 5.43. The molecule has 1 saturated heterocycles. The van der Waals surface area contributed by atoms with E-state index in [2.05, 4.69) is 19.9 Å². The van der Waals surface area contributed by atoms with Gasteiger partial charge in [0.1, 0.15) is 5.82 Å². The fraction of sp³-hybridized carbons (Fsp3) is 0.333. The van der Waals surface area contributed by atoms with E-state index in [1.807, 2.05) is 36.5 Å².